The molecule has 26 heavy (non-hydrogen) atoms. The molecule has 0 aliphatic heterocycles. The molecular formula is C16H14BrF6N3. The number of halogens is 7. The van der Waals surface area contributed by atoms with Gasteiger partial charge in [0.05, 0.1) is 17.7 Å². The van der Waals surface area contributed by atoms with E-state index < -0.39 is 23.5 Å². The highest BCUT2D eigenvalue weighted by Gasteiger charge is 2.37. The summed E-state index contributed by atoms with van der Waals surface area (Å²) in [5.41, 5.74) is -3.16. The van der Waals surface area contributed by atoms with Gasteiger partial charge in [-0.3, -0.25) is 0 Å². The molecule has 2 aromatic rings. The molecule has 3 nitrogen and oxygen atoms in total. The van der Waals surface area contributed by atoms with Crippen LogP contribution in [0.15, 0.2) is 35.1 Å². The minimum atomic E-state index is -4.92. The summed E-state index contributed by atoms with van der Waals surface area (Å²) in [5, 5.41) is 3.97. The predicted octanol–water partition coefficient (Wildman–Crippen LogP) is 5.92. The first-order valence-corrected chi connectivity index (χ1v) is 8.21. The maximum Gasteiger partial charge on any atom is 0.416 e. The highest BCUT2D eigenvalue weighted by molar-refractivity contribution is 9.11. The van der Waals surface area contributed by atoms with E-state index in [0.717, 1.165) is 4.48 Å². The Morgan fingerprint density at radius 1 is 1.08 bits per heavy atom. The molecule has 1 aromatic carbocycles. The fraction of sp³-hybridized carbons (Fsp3) is 0.375. The molecule has 0 bridgehead atoms. The van der Waals surface area contributed by atoms with Crippen LogP contribution in [0.25, 0.3) is 11.4 Å². The highest BCUT2D eigenvalue weighted by Crippen LogP contribution is 2.38. The number of hydrogen-bond acceptors (Lipinski definition) is 2. The van der Waals surface area contributed by atoms with Gasteiger partial charge in [0, 0.05) is 10.0 Å². The lowest BCUT2D eigenvalue weighted by atomic mass is 10.0. The van der Waals surface area contributed by atoms with Gasteiger partial charge in [-0.1, -0.05) is 35.9 Å². The van der Waals surface area contributed by atoms with Crippen LogP contribution in [-0.2, 0) is 18.9 Å². The summed E-state index contributed by atoms with van der Waals surface area (Å²) in [5.74, 6) is 0.0385. The summed E-state index contributed by atoms with van der Waals surface area (Å²) in [4.78, 5) is 3.83. The van der Waals surface area contributed by atoms with Crippen molar-refractivity contribution in [1.29, 1.82) is 0 Å². The zero-order valence-electron chi connectivity index (χ0n) is 13.7. The van der Waals surface area contributed by atoms with Crippen molar-refractivity contribution in [2.24, 2.45) is 5.92 Å². The second kappa shape index (κ2) is 7.42. The molecule has 2 rings (SSSR count). The molecule has 1 heterocycles. The van der Waals surface area contributed by atoms with Gasteiger partial charge in [0.25, 0.3) is 0 Å². The third-order valence-corrected chi connectivity index (χ3v) is 3.72. The maximum absolute atomic E-state index is 12.9. The van der Waals surface area contributed by atoms with E-state index in [-0.39, 0.29) is 29.9 Å². The molecule has 0 aliphatic carbocycles. The van der Waals surface area contributed by atoms with Crippen molar-refractivity contribution in [3.8, 4) is 11.4 Å². The van der Waals surface area contributed by atoms with Gasteiger partial charge in [-0.15, -0.1) is 0 Å². The van der Waals surface area contributed by atoms with Crippen LogP contribution in [0.4, 0.5) is 26.3 Å². The van der Waals surface area contributed by atoms with Crippen LogP contribution in [-0.4, -0.2) is 14.8 Å². The molecular weight excluding hydrogens is 428 g/mol. The minimum absolute atomic E-state index is 0.0719. The molecule has 0 saturated carbocycles. The lowest BCUT2D eigenvalue weighted by Crippen LogP contribution is -2.11. The van der Waals surface area contributed by atoms with Gasteiger partial charge in [-0.2, -0.15) is 31.4 Å². The molecule has 0 atom stereocenters. The summed E-state index contributed by atoms with van der Waals surface area (Å²) < 4.78 is 79.6. The minimum Gasteiger partial charge on any atom is -0.247 e. The van der Waals surface area contributed by atoms with Crippen molar-refractivity contribution in [2.75, 3.05) is 0 Å². The Balaban J connectivity index is 2.42. The van der Waals surface area contributed by atoms with Crippen LogP contribution in [0, 0.1) is 5.92 Å². The Morgan fingerprint density at radius 3 is 2.08 bits per heavy atom. The van der Waals surface area contributed by atoms with Gasteiger partial charge < -0.3 is 0 Å². The quantitative estimate of drug-likeness (QED) is 0.551. The zero-order valence-corrected chi connectivity index (χ0v) is 15.2. The van der Waals surface area contributed by atoms with Crippen LogP contribution in [0.5, 0.6) is 0 Å². The number of aromatic nitrogens is 3. The summed E-state index contributed by atoms with van der Waals surface area (Å²) >= 11 is 3.33. The van der Waals surface area contributed by atoms with E-state index in [4.69, 9.17) is 0 Å². The smallest absolute Gasteiger partial charge is 0.247 e. The van der Waals surface area contributed by atoms with Crippen LogP contribution >= 0.6 is 15.9 Å². The normalized spacial score (nSPS) is 13.5. The molecule has 0 aliphatic rings. The number of alkyl halides is 6. The lowest BCUT2D eigenvalue weighted by molar-refractivity contribution is -0.143. The van der Waals surface area contributed by atoms with Crippen molar-refractivity contribution in [2.45, 2.75) is 32.7 Å². The molecule has 0 N–H and O–H groups in total. The molecule has 10 heteroatoms. The number of benzene rings is 1. The van der Waals surface area contributed by atoms with E-state index in [0.29, 0.717) is 12.1 Å². The second-order valence-corrected chi connectivity index (χ2v) is 6.94. The second-order valence-electron chi connectivity index (χ2n) is 5.92. The van der Waals surface area contributed by atoms with E-state index in [2.05, 4.69) is 26.0 Å². The predicted molar refractivity (Wildman–Crippen MR) is 87.3 cm³/mol. The van der Waals surface area contributed by atoms with Crippen molar-refractivity contribution in [3.05, 3.63) is 46.2 Å². The van der Waals surface area contributed by atoms with Crippen molar-refractivity contribution >= 4 is 15.9 Å². The first kappa shape index (κ1) is 20.5. The molecule has 0 amide bonds. The lowest BCUT2D eigenvalue weighted by Gasteiger charge is -2.13. The van der Waals surface area contributed by atoms with Crippen LogP contribution in [0.1, 0.15) is 25.0 Å². The first-order valence-electron chi connectivity index (χ1n) is 7.42. The molecule has 1 aromatic heterocycles. The van der Waals surface area contributed by atoms with E-state index >= 15 is 0 Å². The molecule has 0 saturated heterocycles. The van der Waals surface area contributed by atoms with Crippen molar-refractivity contribution in [1.82, 2.24) is 14.8 Å². The SMILES string of the molecule is CC(C)/C=C(\Br)Cn1cnc(-c2cc(C(F)(F)F)cc(C(F)(F)F)c2)n1. The van der Waals surface area contributed by atoms with Gasteiger partial charge in [0.1, 0.15) is 6.33 Å². The average Bonchev–Trinajstić information content (AvgIpc) is 2.92. The number of rotatable bonds is 4. The van der Waals surface area contributed by atoms with E-state index in [1.807, 2.05) is 19.9 Å². The molecule has 0 radical (unpaired) electrons. The number of hydrogen-bond donors (Lipinski definition) is 0. The largest absolute Gasteiger partial charge is 0.416 e. The molecule has 142 valence electrons. The van der Waals surface area contributed by atoms with Crippen LogP contribution in [0.2, 0.25) is 0 Å². The van der Waals surface area contributed by atoms with E-state index in [1.165, 1.54) is 11.0 Å². The summed E-state index contributed by atoms with van der Waals surface area (Å²) in [7, 11) is 0. The van der Waals surface area contributed by atoms with Crippen LogP contribution < -0.4 is 0 Å². The Hall–Kier alpha value is -1.84. The third-order valence-electron chi connectivity index (χ3n) is 3.21. The third kappa shape index (κ3) is 5.33. The average molecular weight is 442 g/mol. The van der Waals surface area contributed by atoms with Gasteiger partial charge in [-0.25, -0.2) is 9.67 Å². The summed E-state index contributed by atoms with van der Waals surface area (Å²) in [6.07, 6.45) is -6.69. The Kier molecular flexibility index (Phi) is 5.84. The first-order chi connectivity index (χ1) is 11.9. The van der Waals surface area contributed by atoms with Crippen LogP contribution in [0.3, 0.4) is 0 Å². The fourth-order valence-corrected chi connectivity index (χ4v) is 2.94. The fourth-order valence-electron chi connectivity index (χ4n) is 2.16. The van der Waals surface area contributed by atoms with E-state index in [1.54, 1.807) is 0 Å². The molecule has 0 spiro atoms. The Morgan fingerprint density at radius 2 is 1.62 bits per heavy atom. The van der Waals surface area contributed by atoms with Gasteiger partial charge in [-0.05, 0) is 24.1 Å². The zero-order chi connectivity index (χ0) is 19.7. The van der Waals surface area contributed by atoms with Gasteiger partial charge in [0.2, 0.25) is 0 Å². The van der Waals surface area contributed by atoms with Crippen molar-refractivity contribution in [3.63, 3.8) is 0 Å². The number of allylic oxidation sites excluding steroid dienone is 2. The molecule has 0 unspecified atom stereocenters. The number of nitrogens with zero attached hydrogens (tertiary/aromatic N) is 3. The highest BCUT2D eigenvalue weighted by atomic mass is 79.9. The van der Waals surface area contributed by atoms with E-state index in [9.17, 15) is 26.3 Å². The Bertz CT molecular complexity index is 773. The Labute approximate surface area is 153 Å². The standard InChI is InChI=1S/C16H14BrF6N3/c1-9(2)3-13(17)7-26-8-24-14(25-26)10-4-11(15(18,19)20)6-12(5-10)16(21,22)23/h3-6,8-9H,7H2,1-2H3/b13-3-. The van der Waals surface area contributed by atoms with Crippen molar-refractivity contribution < 1.29 is 26.3 Å². The summed E-state index contributed by atoms with van der Waals surface area (Å²) in [6, 6.07) is 1.28. The topological polar surface area (TPSA) is 30.7 Å². The summed E-state index contributed by atoms with van der Waals surface area (Å²) in [6.45, 7) is 4.17. The monoisotopic (exact) mass is 441 g/mol. The molecule has 0 fully saturated rings. The maximum atomic E-state index is 12.9. The van der Waals surface area contributed by atoms with Gasteiger partial charge in [0.15, 0.2) is 5.82 Å². The van der Waals surface area contributed by atoms with Gasteiger partial charge >= 0.3 is 12.4 Å².